The number of Topliss-reactive ketones (excluding diaryl/α,β-unsaturated/α-hetero) is 1. The molecule has 51 heavy (non-hydrogen) atoms. The van der Waals surface area contributed by atoms with Crippen LogP contribution in [-0.4, -0.2) is 30.9 Å². The zero-order valence-corrected chi connectivity index (χ0v) is 29.5. The summed E-state index contributed by atoms with van der Waals surface area (Å²) < 4.78 is 22.6. The molecule has 0 saturated heterocycles. The summed E-state index contributed by atoms with van der Waals surface area (Å²) >= 11 is 0. The monoisotopic (exact) mass is 686 g/mol. The fraction of sp³-hybridized carbons (Fsp3) is 0.295. The minimum Gasteiger partial charge on any atom is -0.494 e. The van der Waals surface area contributed by atoms with Crippen molar-refractivity contribution in [2.45, 2.75) is 71.6 Å². The number of rotatable bonds is 16. The van der Waals surface area contributed by atoms with Crippen LogP contribution in [0.4, 0.5) is 0 Å². The van der Waals surface area contributed by atoms with Crippen LogP contribution >= 0.6 is 0 Å². The first-order valence-corrected chi connectivity index (χ1v) is 18.0. The molecule has 0 spiro atoms. The minimum atomic E-state index is -0.448. The predicted molar refractivity (Wildman–Crippen MR) is 201 cm³/mol. The summed E-state index contributed by atoms with van der Waals surface area (Å²) in [6.45, 7) is 5.61. The van der Waals surface area contributed by atoms with Gasteiger partial charge in [-0.15, -0.1) is 0 Å². The third-order valence-electron chi connectivity index (χ3n) is 8.55. The van der Waals surface area contributed by atoms with Crippen LogP contribution in [0.15, 0.2) is 108 Å². The molecule has 0 amide bonds. The minimum absolute atomic E-state index is 0.0165. The second-order valence-corrected chi connectivity index (χ2v) is 12.6. The number of benzene rings is 4. The lowest BCUT2D eigenvalue weighted by atomic mass is 9.87. The highest BCUT2D eigenvalue weighted by Gasteiger charge is 2.21. The molecule has 5 rings (SSSR count). The number of ether oxygens (including phenoxy) is 4. The van der Waals surface area contributed by atoms with Crippen LogP contribution in [-0.2, 0) is 4.79 Å². The molecular formula is C44H46O7. The van der Waals surface area contributed by atoms with Gasteiger partial charge in [-0.1, -0.05) is 63.8 Å². The van der Waals surface area contributed by atoms with Crippen molar-refractivity contribution < 1.29 is 33.3 Å². The summed E-state index contributed by atoms with van der Waals surface area (Å²) in [4.78, 5) is 38.8. The van der Waals surface area contributed by atoms with Gasteiger partial charge in [0, 0.05) is 11.1 Å². The molecule has 0 heterocycles. The number of carbonyl (C=O) groups is 3. The molecule has 0 unspecified atom stereocenters. The SMILES string of the molecule is CCCCCOc1ccc(C(=O)Oc2ccc(C=C3CCCC(=Cc4ccc(OC(=O)c5ccc(OCCCCC)cc5)cc4)C3=O)cc2)cc1. The van der Waals surface area contributed by atoms with Gasteiger partial charge in [0.15, 0.2) is 5.78 Å². The summed E-state index contributed by atoms with van der Waals surface area (Å²) in [6.07, 6.45) is 12.6. The van der Waals surface area contributed by atoms with E-state index in [4.69, 9.17) is 18.9 Å². The number of allylic oxidation sites excluding steroid dienone is 2. The fourth-order valence-electron chi connectivity index (χ4n) is 5.64. The second kappa shape index (κ2) is 19.1. The van der Waals surface area contributed by atoms with Crippen LogP contribution in [0.1, 0.15) is 103 Å². The Morgan fingerprint density at radius 2 is 0.902 bits per heavy atom. The first-order chi connectivity index (χ1) is 24.9. The van der Waals surface area contributed by atoms with Crippen molar-refractivity contribution in [3.63, 3.8) is 0 Å². The Bertz CT molecular complexity index is 1670. The lowest BCUT2D eigenvalue weighted by molar-refractivity contribution is -0.112. The summed E-state index contributed by atoms with van der Waals surface area (Å²) in [5.41, 5.74) is 4.05. The van der Waals surface area contributed by atoms with Gasteiger partial charge >= 0.3 is 11.9 Å². The van der Waals surface area contributed by atoms with Crippen molar-refractivity contribution in [2.24, 2.45) is 0 Å². The maximum absolute atomic E-state index is 13.4. The highest BCUT2D eigenvalue weighted by molar-refractivity contribution is 6.14. The van der Waals surface area contributed by atoms with E-state index in [9.17, 15) is 14.4 Å². The molecule has 264 valence electrons. The smallest absolute Gasteiger partial charge is 0.343 e. The Morgan fingerprint density at radius 3 is 1.27 bits per heavy atom. The van der Waals surface area contributed by atoms with E-state index in [1.165, 1.54) is 0 Å². The Labute approximate surface area is 300 Å². The van der Waals surface area contributed by atoms with E-state index in [-0.39, 0.29) is 5.78 Å². The lowest BCUT2D eigenvalue weighted by Gasteiger charge is -2.17. The molecule has 0 aromatic heterocycles. The molecule has 1 saturated carbocycles. The fourth-order valence-corrected chi connectivity index (χ4v) is 5.64. The van der Waals surface area contributed by atoms with E-state index in [1.807, 2.05) is 36.4 Å². The molecule has 7 nitrogen and oxygen atoms in total. The molecule has 4 aromatic rings. The van der Waals surface area contributed by atoms with Gasteiger partial charge in [-0.05, 0) is 128 Å². The van der Waals surface area contributed by atoms with E-state index in [2.05, 4.69) is 13.8 Å². The first kappa shape index (κ1) is 36.8. The zero-order valence-electron chi connectivity index (χ0n) is 29.5. The molecule has 0 radical (unpaired) electrons. The maximum Gasteiger partial charge on any atom is 0.343 e. The van der Waals surface area contributed by atoms with Crippen LogP contribution in [0.2, 0.25) is 0 Å². The molecule has 0 N–H and O–H groups in total. The molecular weight excluding hydrogens is 640 g/mol. The van der Waals surface area contributed by atoms with Gasteiger partial charge in [0.2, 0.25) is 0 Å². The molecule has 0 aliphatic heterocycles. The average molecular weight is 687 g/mol. The largest absolute Gasteiger partial charge is 0.494 e. The quantitative estimate of drug-likeness (QED) is 0.0502. The van der Waals surface area contributed by atoms with E-state index < -0.39 is 11.9 Å². The third kappa shape index (κ3) is 11.3. The number of hydrogen-bond donors (Lipinski definition) is 0. The second-order valence-electron chi connectivity index (χ2n) is 12.6. The van der Waals surface area contributed by atoms with Gasteiger partial charge in [0.1, 0.15) is 23.0 Å². The van der Waals surface area contributed by atoms with Crippen LogP contribution in [0.25, 0.3) is 12.2 Å². The van der Waals surface area contributed by atoms with Crippen molar-refractivity contribution in [3.05, 3.63) is 130 Å². The maximum atomic E-state index is 13.4. The Balaban J connectivity index is 1.13. The third-order valence-corrected chi connectivity index (χ3v) is 8.55. The van der Waals surface area contributed by atoms with Crippen LogP contribution < -0.4 is 18.9 Å². The Morgan fingerprint density at radius 1 is 0.529 bits per heavy atom. The number of ketones is 1. The molecule has 7 heteroatoms. The zero-order chi connectivity index (χ0) is 35.8. The van der Waals surface area contributed by atoms with Crippen LogP contribution in [0, 0.1) is 0 Å². The number of esters is 2. The van der Waals surface area contributed by atoms with E-state index in [1.54, 1.807) is 72.8 Å². The molecule has 0 atom stereocenters. The molecule has 1 fully saturated rings. The Kier molecular flexibility index (Phi) is 13.8. The van der Waals surface area contributed by atoms with Crippen molar-refractivity contribution in [1.29, 1.82) is 0 Å². The van der Waals surface area contributed by atoms with Crippen molar-refractivity contribution in [3.8, 4) is 23.0 Å². The van der Waals surface area contributed by atoms with Gasteiger partial charge in [-0.25, -0.2) is 9.59 Å². The van der Waals surface area contributed by atoms with Crippen LogP contribution in [0.3, 0.4) is 0 Å². The van der Waals surface area contributed by atoms with Gasteiger partial charge in [0.25, 0.3) is 0 Å². The van der Waals surface area contributed by atoms with Gasteiger partial charge < -0.3 is 18.9 Å². The average Bonchev–Trinajstić information content (AvgIpc) is 3.15. The van der Waals surface area contributed by atoms with Gasteiger partial charge in [0.05, 0.1) is 24.3 Å². The Hall–Kier alpha value is -5.43. The molecule has 0 bridgehead atoms. The van der Waals surface area contributed by atoms with Crippen molar-refractivity contribution in [2.75, 3.05) is 13.2 Å². The predicted octanol–water partition coefficient (Wildman–Crippen LogP) is 10.5. The number of carbonyl (C=O) groups excluding carboxylic acids is 3. The highest BCUT2D eigenvalue weighted by Crippen LogP contribution is 2.29. The molecule has 4 aromatic carbocycles. The highest BCUT2D eigenvalue weighted by atomic mass is 16.5. The van der Waals surface area contributed by atoms with E-state index in [0.29, 0.717) is 48.7 Å². The lowest BCUT2D eigenvalue weighted by Crippen LogP contribution is -2.12. The van der Waals surface area contributed by atoms with Crippen LogP contribution in [0.5, 0.6) is 23.0 Å². The van der Waals surface area contributed by atoms with Gasteiger partial charge in [-0.3, -0.25) is 4.79 Å². The number of hydrogen-bond acceptors (Lipinski definition) is 7. The van der Waals surface area contributed by atoms with E-state index >= 15 is 0 Å². The summed E-state index contributed by atoms with van der Waals surface area (Å²) in [5.74, 6) is 1.43. The molecule has 1 aliphatic rings. The first-order valence-electron chi connectivity index (χ1n) is 18.0. The normalized spacial score (nSPS) is 14.4. The molecule has 1 aliphatic carbocycles. The van der Waals surface area contributed by atoms with E-state index in [0.717, 1.165) is 78.7 Å². The van der Waals surface area contributed by atoms with Crippen molar-refractivity contribution in [1.82, 2.24) is 0 Å². The summed E-state index contributed by atoms with van der Waals surface area (Å²) in [5, 5.41) is 0. The standard InChI is InChI=1S/C44H46O7/c1-3-5-7-28-48-38-24-16-34(17-25-38)43(46)50-40-20-12-32(13-21-40)30-36-10-9-11-37(42(36)45)31-33-14-22-41(23-15-33)51-44(47)35-18-26-39(27-19-35)49-29-8-6-4-2/h12-27,30-31H,3-11,28-29H2,1-2H3. The summed E-state index contributed by atoms with van der Waals surface area (Å²) in [7, 11) is 0. The number of unbranched alkanes of at least 4 members (excludes halogenated alkanes) is 4. The van der Waals surface area contributed by atoms with Crippen molar-refractivity contribution >= 4 is 29.9 Å². The topological polar surface area (TPSA) is 88.1 Å². The summed E-state index contributed by atoms with van der Waals surface area (Å²) in [6, 6.07) is 28.2. The van der Waals surface area contributed by atoms with Gasteiger partial charge in [-0.2, -0.15) is 0 Å².